The molecule has 1 aromatic rings. The van der Waals surface area contributed by atoms with E-state index in [1.54, 1.807) is 6.07 Å². The van der Waals surface area contributed by atoms with E-state index < -0.39 is 0 Å². The van der Waals surface area contributed by atoms with Crippen LogP contribution < -0.4 is 11.1 Å². The second kappa shape index (κ2) is 6.30. The zero-order valence-corrected chi connectivity index (χ0v) is 9.72. The molecule has 0 spiro atoms. The highest BCUT2D eigenvalue weighted by Crippen LogP contribution is 2.22. The third-order valence-electron chi connectivity index (χ3n) is 2.03. The van der Waals surface area contributed by atoms with E-state index in [2.05, 4.69) is 5.32 Å². The van der Waals surface area contributed by atoms with Gasteiger partial charge in [0.15, 0.2) is 0 Å². The first-order valence-electron chi connectivity index (χ1n) is 4.67. The quantitative estimate of drug-likeness (QED) is 0.742. The number of aliphatic hydroxyl groups excluding tert-OH is 1. The van der Waals surface area contributed by atoms with E-state index >= 15 is 0 Å². The van der Waals surface area contributed by atoms with Gasteiger partial charge in [-0.3, -0.25) is 0 Å². The molecule has 1 rings (SSSR count). The molecule has 0 amide bonds. The summed E-state index contributed by atoms with van der Waals surface area (Å²) in [5.41, 5.74) is 6.55. The second-order valence-electron chi connectivity index (χ2n) is 3.17. The Labute approximate surface area is 99.2 Å². The van der Waals surface area contributed by atoms with Crippen molar-refractivity contribution in [2.24, 2.45) is 5.73 Å². The fourth-order valence-corrected chi connectivity index (χ4v) is 1.90. The molecule has 5 heteroatoms. The van der Waals surface area contributed by atoms with Crippen LogP contribution >= 0.6 is 23.2 Å². The zero-order valence-electron chi connectivity index (χ0n) is 8.21. The molecule has 0 aliphatic rings. The maximum Gasteiger partial charge on any atom is 0.0556 e. The largest absolute Gasteiger partial charge is 0.395 e. The number of aliphatic hydroxyl groups is 1. The van der Waals surface area contributed by atoms with Crippen molar-refractivity contribution >= 4 is 23.2 Å². The molecular weight excluding hydrogens is 235 g/mol. The van der Waals surface area contributed by atoms with E-state index in [0.717, 1.165) is 5.56 Å². The molecule has 0 heterocycles. The summed E-state index contributed by atoms with van der Waals surface area (Å²) in [4.78, 5) is 0. The number of hydrogen-bond donors (Lipinski definition) is 3. The van der Waals surface area contributed by atoms with Gasteiger partial charge in [0, 0.05) is 29.2 Å². The lowest BCUT2D eigenvalue weighted by Gasteiger charge is -2.17. The van der Waals surface area contributed by atoms with Gasteiger partial charge in [-0.1, -0.05) is 23.2 Å². The van der Waals surface area contributed by atoms with Gasteiger partial charge in [-0.25, -0.2) is 0 Å². The molecule has 0 aromatic heterocycles. The van der Waals surface area contributed by atoms with Gasteiger partial charge < -0.3 is 16.2 Å². The van der Waals surface area contributed by atoms with Crippen molar-refractivity contribution in [3.8, 4) is 0 Å². The maximum absolute atomic E-state index is 8.71. The van der Waals surface area contributed by atoms with Crippen LogP contribution in [0.4, 0.5) is 0 Å². The number of hydrogen-bond acceptors (Lipinski definition) is 3. The lowest BCUT2D eigenvalue weighted by molar-refractivity contribution is 0.285. The summed E-state index contributed by atoms with van der Waals surface area (Å²) in [5.74, 6) is 0. The molecule has 1 aromatic carbocycles. The molecule has 84 valence electrons. The average Bonchev–Trinajstić information content (AvgIpc) is 2.17. The van der Waals surface area contributed by atoms with Gasteiger partial charge in [0.25, 0.3) is 0 Å². The minimum atomic E-state index is -0.0339. The van der Waals surface area contributed by atoms with Crippen LogP contribution in [-0.2, 0) is 0 Å². The number of nitrogens with one attached hydrogen (secondary N) is 1. The fourth-order valence-electron chi connectivity index (χ4n) is 1.35. The Morgan fingerprint density at radius 3 is 2.33 bits per heavy atom. The number of rotatable bonds is 5. The third-order valence-corrected chi connectivity index (χ3v) is 2.46. The molecule has 3 nitrogen and oxygen atoms in total. The highest BCUT2D eigenvalue weighted by atomic mass is 35.5. The molecule has 1 atom stereocenters. The monoisotopic (exact) mass is 248 g/mol. The summed E-state index contributed by atoms with van der Waals surface area (Å²) in [7, 11) is 0. The number of nitrogens with two attached hydrogens (primary N) is 1. The summed E-state index contributed by atoms with van der Waals surface area (Å²) >= 11 is 11.8. The zero-order chi connectivity index (χ0) is 11.3. The fraction of sp³-hybridized carbons (Fsp3) is 0.400. The van der Waals surface area contributed by atoms with Crippen LogP contribution in [0.2, 0.25) is 10.0 Å². The number of halogens is 2. The Balaban J connectivity index is 2.81. The first-order valence-corrected chi connectivity index (χ1v) is 5.43. The van der Waals surface area contributed by atoms with Gasteiger partial charge in [-0.05, 0) is 23.8 Å². The second-order valence-corrected chi connectivity index (χ2v) is 4.04. The predicted octanol–water partition coefficient (Wildman–Crippen LogP) is 1.58. The molecule has 0 bridgehead atoms. The van der Waals surface area contributed by atoms with Crippen molar-refractivity contribution in [2.45, 2.75) is 6.04 Å². The molecule has 15 heavy (non-hydrogen) atoms. The minimum absolute atomic E-state index is 0.0339. The SMILES string of the molecule is NCC(NCCO)c1cc(Cl)cc(Cl)c1. The lowest BCUT2D eigenvalue weighted by Crippen LogP contribution is -2.30. The first-order chi connectivity index (χ1) is 7.17. The normalized spacial score (nSPS) is 12.8. The van der Waals surface area contributed by atoms with Crippen LogP contribution in [0, 0.1) is 0 Å². The van der Waals surface area contributed by atoms with Gasteiger partial charge in [-0.15, -0.1) is 0 Å². The average molecular weight is 249 g/mol. The molecule has 4 N–H and O–H groups in total. The van der Waals surface area contributed by atoms with Gasteiger partial charge in [-0.2, -0.15) is 0 Å². The van der Waals surface area contributed by atoms with E-state index in [9.17, 15) is 0 Å². The van der Waals surface area contributed by atoms with Crippen molar-refractivity contribution in [1.29, 1.82) is 0 Å². The Bertz CT molecular complexity index is 300. The predicted molar refractivity (Wildman–Crippen MR) is 63.3 cm³/mol. The topological polar surface area (TPSA) is 58.3 Å². The van der Waals surface area contributed by atoms with Crippen LogP contribution in [0.5, 0.6) is 0 Å². The summed E-state index contributed by atoms with van der Waals surface area (Å²) in [5, 5.41) is 13.0. The van der Waals surface area contributed by atoms with Crippen LogP contribution in [0.15, 0.2) is 18.2 Å². The Kier molecular flexibility index (Phi) is 5.36. The highest BCUT2D eigenvalue weighted by Gasteiger charge is 2.09. The summed E-state index contributed by atoms with van der Waals surface area (Å²) in [6.07, 6.45) is 0. The lowest BCUT2D eigenvalue weighted by atomic mass is 10.1. The summed E-state index contributed by atoms with van der Waals surface area (Å²) < 4.78 is 0. The minimum Gasteiger partial charge on any atom is -0.395 e. The van der Waals surface area contributed by atoms with Gasteiger partial charge in [0.2, 0.25) is 0 Å². The van der Waals surface area contributed by atoms with Crippen molar-refractivity contribution in [1.82, 2.24) is 5.32 Å². The van der Waals surface area contributed by atoms with Crippen molar-refractivity contribution in [3.05, 3.63) is 33.8 Å². The molecule has 0 saturated carbocycles. The van der Waals surface area contributed by atoms with Crippen molar-refractivity contribution in [3.63, 3.8) is 0 Å². The van der Waals surface area contributed by atoms with E-state index in [1.807, 2.05) is 12.1 Å². The summed E-state index contributed by atoms with van der Waals surface area (Å²) in [6.45, 7) is 0.994. The standard InChI is InChI=1S/C10H14Cl2N2O/c11-8-3-7(4-9(12)5-8)10(6-13)14-1-2-15/h3-5,10,14-15H,1-2,6,13H2. The first kappa shape index (κ1) is 12.7. The molecule has 0 radical (unpaired) electrons. The highest BCUT2D eigenvalue weighted by molar-refractivity contribution is 6.34. The van der Waals surface area contributed by atoms with Crippen molar-refractivity contribution in [2.75, 3.05) is 19.7 Å². The molecule has 0 aliphatic heterocycles. The molecule has 0 aliphatic carbocycles. The van der Waals surface area contributed by atoms with Gasteiger partial charge >= 0.3 is 0 Å². The maximum atomic E-state index is 8.71. The van der Waals surface area contributed by atoms with Crippen LogP contribution in [0.25, 0.3) is 0 Å². The van der Waals surface area contributed by atoms with Crippen LogP contribution in [0.3, 0.4) is 0 Å². The van der Waals surface area contributed by atoms with Crippen LogP contribution in [-0.4, -0.2) is 24.8 Å². The van der Waals surface area contributed by atoms with E-state index in [1.165, 1.54) is 0 Å². The smallest absolute Gasteiger partial charge is 0.0556 e. The van der Waals surface area contributed by atoms with Gasteiger partial charge in [0.1, 0.15) is 0 Å². The summed E-state index contributed by atoms with van der Waals surface area (Å²) in [6, 6.07) is 5.27. The van der Waals surface area contributed by atoms with E-state index in [-0.39, 0.29) is 12.6 Å². The molecule has 1 unspecified atom stereocenters. The van der Waals surface area contributed by atoms with Gasteiger partial charge in [0.05, 0.1) is 6.61 Å². The van der Waals surface area contributed by atoms with E-state index in [0.29, 0.717) is 23.1 Å². The Hall–Kier alpha value is -0.320. The molecular formula is C10H14Cl2N2O. The van der Waals surface area contributed by atoms with Crippen molar-refractivity contribution < 1.29 is 5.11 Å². The third kappa shape index (κ3) is 3.97. The van der Waals surface area contributed by atoms with E-state index in [4.69, 9.17) is 34.0 Å². The molecule has 0 fully saturated rings. The molecule has 0 saturated heterocycles. The Morgan fingerprint density at radius 2 is 1.87 bits per heavy atom. The Morgan fingerprint density at radius 1 is 1.27 bits per heavy atom. The number of benzene rings is 1. The van der Waals surface area contributed by atoms with Crippen LogP contribution in [0.1, 0.15) is 11.6 Å².